The smallest absolute Gasteiger partial charge is 0.266 e. The second kappa shape index (κ2) is 9.91. The van der Waals surface area contributed by atoms with E-state index in [1.54, 1.807) is 12.1 Å². The van der Waals surface area contributed by atoms with Gasteiger partial charge in [-0.25, -0.2) is 9.37 Å². The van der Waals surface area contributed by atoms with Crippen molar-refractivity contribution in [2.75, 3.05) is 27.2 Å². The summed E-state index contributed by atoms with van der Waals surface area (Å²) in [5, 5.41) is 0.557. The molecule has 0 fully saturated rings. The first-order valence-electron chi connectivity index (χ1n) is 9.02. The van der Waals surface area contributed by atoms with Gasteiger partial charge < -0.3 is 10.6 Å². The molecule has 7 heteroatoms. The van der Waals surface area contributed by atoms with Crippen molar-refractivity contribution in [2.45, 2.75) is 18.7 Å². The largest absolute Gasteiger partial charge is 0.329 e. The number of rotatable bonds is 4. The van der Waals surface area contributed by atoms with E-state index in [1.165, 1.54) is 16.7 Å². The van der Waals surface area contributed by atoms with Gasteiger partial charge in [-0.15, -0.1) is 0 Å². The first-order chi connectivity index (χ1) is 13.2. The maximum Gasteiger partial charge on any atom is 0.266 e. The number of alkyl halides is 1. The summed E-state index contributed by atoms with van der Waals surface area (Å²) in [7, 11) is 4.01. The van der Waals surface area contributed by atoms with Gasteiger partial charge in [-0.1, -0.05) is 27.6 Å². The summed E-state index contributed by atoms with van der Waals surface area (Å²) in [5.41, 5.74) is 7.30. The standard InChI is InChI=1S/C17H14BrFN2O.C4H12N2/c1-10-3-8-15-14(9-10)17(22)21(16(20-15)11(2)18)13-6-4-12(19)5-7-13;1-6(2)4-3-5/h3-9,11H,1-2H3;3-5H2,1-2H3. The molecule has 0 amide bonds. The van der Waals surface area contributed by atoms with Gasteiger partial charge in [-0.2, -0.15) is 0 Å². The van der Waals surface area contributed by atoms with Gasteiger partial charge in [0.15, 0.2) is 0 Å². The number of likely N-dealkylation sites (N-methyl/N-ethyl adjacent to an activating group) is 1. The predicted octanol–water partition coefficient (Wildman–Crippen LogP) is 3.80. The van der Waals surface area contributed by atoms with Crippen LogP contribution in [0.25, 0.3) is 16.6 Å². The molecular formula is C21H26BrFN4O. The van der Waals surface area contributed by atoms with Crippen LogP contribution in [0.5, 0.6) is 0 Å². The molecule has 0 aliphatic rings. The fourth-order valence-corrected chi connectivity index (χ4v) is 2.99. The Hall–Kier alpha value is -2.09. The second-order valence-corrected chi connectivity index (χ2v) is 8.19. The number of benzene rings is 2. The summed E-state index contributed by atoms with van der Waals surface area (Å²) in [4.78, 5) is 19.4. The molecule has 2 N–H and O–H groups in total. The summed E-state index contributed by atoms with van der Waals surface area (Å²) >= 11 is 3.48. The van der Waals surface area contributed by atoms with Crippen LogP contribution in [0.4, 0.5) is 4.39 Å². The molecule has 5 nitrogen and oxygen atoms in total. The number of hydrogen-bond donors (Lipinski definition) is 1. The van der Waals surface area contributed by atoms with Gasteiger partial charge in [-0.3, -0.25) is 9.36 Å². The van der Waals surface area contributed by atoms with E-state index in [9.17, 15) is 9.18 Å². The maximum absolute atomic E-state index is 13.2. The molecule has 0 saturated carbocycles. The van der Waals surface area contributed by atoms with Crippen LogP contribution in [-0.4, -0.2) is 41.6 Å². The van der Waals surface area contributed by atoms with Crippen LogP contribution in [0.1, 0.15) is 23.1 Å². The second-order valence-electron chi connectivity index (χ2n) is 6.82. The van der Waals surface area contributed by atoms with E-state index in [-0.39, 0.29) is 16.2 Å². The van der Waals surface area contributed by atoms with Gasteiger partial charge in [0.05, 0.1) is 21.4 Å². The lowest BCUT2D eigenvalue weighted by Gasteiger charge is -2.15. The number of nitrogens with zero attached hydrogens (tertiary/aromatic N) is 3. The van der Waals surface area contributed by atoms with E-state index >= 15 is 0 Å². The summed E-state index contributed by atoms with van der Waals surface area (Å²) in [6.45, 7) is 5.58. The molecule has 1 unspecified atom stereocenters. The molecule has 0 bridgehead atoms. The molecular weight excluding hydrogens is 423 g/mol. The van der Waals surface area contributed by atoms with Crippen LogP contribution in [0.2, 0.25) is 0 Å². The Bertz CT molecular complexity index is 984. The summed E-state index contributed by atoms with van der Waals surface area (Å²) in [6.07, 6.45) is 0. The average molecular weight is 449 g/mol. The number of aryl methyl sites for hydroxylation is 1. The van der Waals surface area contributed by atoms with Gasteiger partial charge in [0.25, 0.3) is 5.56 Å². The van der Waals surface area contributed by atoms with E-state index in [4.69, 9.17) is 5.73 Å². The highest BCUT2D eigenvalue weighted by atomic mass is 79.9. The molecule has 1 aromatic heterocycles. The summed E-state index contributed by atoms with van der Waals surface area (Å²) < 4.78 is 14.7. The number of hydrogen-bond acceptors (Lipinski definition) is 4. The van der Waals surface area contributed by atoms with Crippen molar-refractivity contribution in [1.82, 2.24) is 14.5 Å². The van der Waals surface area contributed by atoms with Crippen LogP contribution in [-0.2, 0) is 0 Å². The SMILES string of the molecule is CN(C)CCN.Cc1ccc2nc(C(C)Br)n(-c3ccc(F)cc3)c(=O)c2c1. The van der Waals surface area contributed by atoms with Gasteiger partial charge in [0.1, 0.15) is 11.6 Å². The quantitative estimate of drug-likeness (QED) is 0.616. The van der Waals surface area contributed by atoms with Crippen LogP contribution >= 0.6 is 15.9 Å². The maximum atomic E-state index is 13.2. The molecule has 28 heavy (non-hydrogen) atoms. The Morgan fingerprint density at radius 2 is 1.86 bits per heavy atom. The molecule has 0 saturated heterocycles. The van der Waals surface area contributed by atoms with Crippen molar-refractivity contribution in [3.05, 3.63) is 70.0 Å². The highest BCUT2D eigenvalue weighted by Gasteiger charge is 2.16. The Labute approximate surface area is 173 Å². The first kappa shape index (κ1) is 22.2. The van der Waals surface area contributed by atoms with E-state index < -0.39 is 0 Å². The molecule has 3 rings (SSSR count). The fraction of sp³-hybridized carbons (Fsp3) is 0.333. The van der Waals surface area contributed by atoms with Crippen LogP contribution in [0.3, 0.4) is 0 Å². The lowest BCUT2D eigenvalue weighted by Crippen LogP contribution is -2.24. The van der Waals surface area contributed by atoms with Crippen LogP contribution in [0, 0.1) is 12.7 Å². The Morgan fingerprint density at radius 3 is 2.36 bits per heavy atom. The number of fused-ring (bicyclic) bond motifs is 1. The highest BCUT2D eigenvalue weighted by Crippen LogP contribution is 2.24. The lowest BCUT2D eigenvalue weighted by molar-refractivity contribution is 0.420. The van der Waals surface area contributed by atoms with Gasteiger partial charge in [-0.05, 0) is 64.3 Å². The van der Waals surface area contributed by atoms with E-state index in [0.29, 0.717) is 22.4 Å². The normalized spacial score (nSPS) is 12.0. The summed E-state index contributed by atoms with van der Waals surface area (Å²) in [5.74, 6) is 0.253. The number of halogens is 2. The molecule has 3 aromatic rings. The lowest BCUT2D eigenvalue weighted by atomic mass is 10.1. The number of nitrogens with two attached hydrogens (primary N) is 1. The molecule has 0 aliphatic heterocycles. The van der Waals surface area contributed by atoms with E-state index in [1.807, 2.05) is 46.1 Å². The van der Waals surface area contributed by atoms with Crippen molar-refractivity contribution in [3.63, 3.8) is 0 Å². The highest BCUT2D eigenvalue weighted by molar-refractivity contribution is 9.09. The van der Waals surface area contributed by atoms with Crippen molar-refractivity contribution < 1.29 is 4.39 Å². The molecule has 0 spiro atoms. The zero-order valence-corrected chi connectivity index (χ0v) is 18.2. The zero-order chi connectivity index (χ0) is 20.8. The van der Waals surface area contributed by atoms with Crippen molar-refractivity contribution >= 4 is 26.8 Å². The minimum absolute atomic E-state index is 0.115. The topological polar surface area (TPSA) is 64.2 Å². The zero-order valence-electron chi connectivity index (χ0n) is 16.6. The van der Waals surface area contributed by atoms with Crippen molar-refractivity contribution in [1.29, 1.82) is 0 Å². The molecule has 0 aliphatic carbocycles. The van der Waals surface area contributed by atoms with Crippen molar-refractivity contribution in [3.8, 4) is 5.69 Å². The van der Waals surface area contributed by atoms with Crippen LogP contribution < -0.4 is 11.3 Å². The number of aromatic nitrogens is 2. The molecule has 2 aromatic carbocycles. The van der Waals surface area contributed by atoms with Crippen molar-refractivity contribution in [2.24, 2.45) is 5.73 Å². The third-order valence-corrected chi connectivity index (χ3v) is 4.48. The minimum atomic E-state index is -0.338. The Balaban J connectivity index is 0.000000409. The van der Waals surface area contributed by atoms with Crippen LogP contribution in [0.15, 0.2) is 47.3 Å². The third kappa shape index (κ3) is 5.47. The van der Waals surface area contributed by atoms with Gasteiger partial charge >= 0.3 is 0 Å². The Morgan fingerprint density at radius 1 is 1.21 bits per heavy atom. The molecule has 1 heterocycles. The third-order valence-electron chi connectivity index (χ3n) is 4.07. The average Bonchev–Trinajstić information content (AvgIpc) is 2.63. The monoisotopic (exact) mass is 448 g/mol. The van der Waals surface area contributed by atoms with E-state index in [0.717, 1.165) is 18.7 Å². The molecule has 150 valence electrons. The first-order valence-corrected chi connectivity index (χ1v) is 9.94. The Kier molecular flexibility index (Phi) is 7.86. The molecule has 0 radical (unpaired) electrons. The minimum Gasteiger partial charge on any atom is -0.329 e. The summed E-state index contributed by atoms with van der Waals surface area (Å²) in [6, 6.07) is 11.4. The predicted molar refractivity (Wildman–Crippen MR) is 117 cm³/mol. The fourth-order valence-electron chi connectivity index (χ4n) is 2.68. The van der Waals surface area contributed by atoms with Gasteiger partial charge in [0.2, 0.25) is 0 Å². The molecule has 1 atom stereocenters. The van der Waals surface area contributed by atoms with E-state index in [2.05, 4.69) is 25.8 Å². The van der Waals surface area contributed by atoms with Gasteiger partial charge in [0, 0.05) is 13.1 Å².